The van der Waals surface area contributed by atoms with E-state index in [0.717, 1.165) is 48.6 Å². The van der Waals surface area contributed by atoms with E-state index in [9.17, 15) is 13.2 Å². The van der Waals surface area contributed by atoms with Crippen LogP contribution in [-0.4, -0.2) is 38.3 Å². The molecule has 1 aliphatic heterocycles. The van der Waals surface area contributed by atoms with E-state index in [1.165, 1.54) is 6.42 Å². The summed E-state index contributed by atoms with van der Waals surface area (Å²) in [6.45, 7) is 0.580. The molecule has 0 spiro atoms. The van der Waals surface area contributed by atoms with E-state index in [1.54, 1.807) is 22.3 Å². The van der Waals surface area contributed by atoms with Crippen molar-refractivity contribution in [3.05, 3.63) is 22.2 Å². The Morgan fingerprint density at radius 3 is 2.50 bits per heavy atom. The summed E-state index contributed by atoms with van der Waals surface area (Å²) in [7, 11) is -1.95. The SMILES string of the molecule is CN(C1CCCCC1)S(=O)(=O)c1cc(Br)cc2c1N(C(=O)C1CC1)CC2. The maximum atomic E-state index is 13.5. The molecule has 1 heterocycles. The molecule has 0 radical (unpaired) electrons. The quantitative estimate of drug-likeness (QED) is 0.716. The molecule has 0 bridgehead atoms. The van der Waals surface area contributed by atoms with Gasteiger partial charge in [-0.05, 0) is 49.8 Å². The van der Waals surface area contributed by atoms with Crippen LogP contribution in [0, 0.1) is 5.92 Å². The minimum absolute atomic E-state index is 0.0531. The summed E-state index contributed by atoms with van der Waals surface area (Å²) in [5.74, 6) is 0.166. The molecule has 142 valence electrons. The van der Waals surface area contributed by atoms with Crippen molar-refractivity contribution in [3.8, 4) is 0 Å². The smallest absolute Gasteiger partial charge is 0.245 e. The second-order valence-electron chi connectivity index (χ2n) is 7.74. The molecule has 0 unspecified atom stereocenters. The largest absolute Gasteiger partial charge is 0.310 e. The molecule has 2 fully saturated rings. The van der Waals surface area contributed by atoms with Crippen LogP contribution in [0.15, 0.2) is 21.5 Å². The van der Waals surface area contributed by atoms with Crippen LogP contribution in [0.5, 0.6) is 0 Å². The number of rotatable bonds is 4. The Labute approximate surface area is 163 Å². The molecule has 5 nitrogen and oxygen atoms in total. The van der Waals surface area contributed by atoms with Gasteiger partial charge in [0.05, 0.1) is 5.69 Å². The third-order valence-corrected chi connectivity index (χ3v) is 8.31. The summed E-state index contributed by atoms with van der Waals surface area (Å²) in [5.41, 5.74) is 1.57. The van der Waals surface area contributed by atoms with Gasteiger partial charge >= 0.3 is 0 Å². The number of nitrogens with zero attached hydrogens (tertiary/aromatic N) is 2. The average Bonchev–Trinajstić information content (AvgIpc) is 3.40. The van der Waals surface area contributed by atoms with Gasteiger partial charge in [0.1, 0.15) is 4.90 Å². The molecule has 2 aliphatic carbocycles. The lowest BCUT2D eigenvalue weighted by Crippen LogP contribution is -2.39. The van der Waals surface area contributed by atoms with Crippen LogP contribution in [0.1, 0.15) is 50.5 Å². The molecule has 1 aromatic rings. The molecule has 7 heteroatoms. The highest BCUT2D eigenvalue weighted by molar-refractivity contribution is 9.10. The van der Waals surface area contributed by atoms with Crippen LogP contribution in [0.4, 0.5) is 5.69 Å². The van der Waals surface area contributed by atoms with Crippen molar-refractivity contribution in [2.45, 2.75) is 62.3 Å². The molecule has 0 aromatic heterocycles. The molecule has 4 rings (SSSR count). The fourth-order valence-corrected chi connectivity index (χ4v) is 6.56. The predicted molar refractivity (Wildman–Crippen MR) is 105 cm³/mol. The fraction of sp³-hybridized carbons (Fsp3) is 0.632. The maximum absolute atomic E-state index is 13.5. The number of anilines is 1. The van der Waals surface area contributed by atoms with E-state index < -0.39 is 10.0 Å². The van der Waals surface area contributed by atoms with Gasteiger partial charge in [-0.25, -0.2) is 8.42 Å². The Kier molecular flexibility index (Phi) is 4.90. The maximum Gasteiger partial charge on any atom is 0.245 e. The Morgan fingerprint density at radius 2 is 1.85 bits per heavy atom. The Hall–Kier alpha value is -0.920. The topological polar surface area (TPSA) is 57.7 Å². The van der Waals surface area contributed by atoms with Crippen molar-refractivity contribution >= 4 is 37.5 Å². The lowest BCUT2D eigenvalue weighted by atomic mass is 9.96. The molecule has 0 saturated heterocycles. The zero-order chi connectivity index (χ0) is 18.5. The van der Waals surface area contributed by atoms with E-state index in [2.05, 4.69) is 15.9 Å². The highest BCUT2D eigenvalue weighted by Crippen LogP contribution is 2.42. The van der Waals surface area contributed by atoms with Crippen molar-refractivity contribution in [2.75, 3.05) is 18.5 Å². The van der Waals surface area contributed by atoms with Gasteiger partial charge < -0.3 is 4.90 Å². The highest BCUT2D eigenvalue weighted by Gasteiger charge is 2.40. The van der Waals surface area contributed by atoms with Gasteiger partial charge in [-0.3, -0.25) is 4.79 Å². The first-order valence-corrected chi connectivity index (χ1v) is 11.7. The molecule has 3 aliphatic rings. The number of amides is 1. The first kappa shape index (κ1) is 18.4. The second-order valence-corrected chi connectivity index (χ2v) is 10.6. The summed E-state index contributed by atoms with van der Waals surface area (Å²) >= 11 is 3.47. The van der Waals surface area contributed by atoms with Crippen LogP contribution in [0.3, 0.4) is 0 Å². The summed E-state index contributed by atoms with van der Waals surface area (Å²) in [4.78, 5) is 14.7. The lowest BCUT2D eigenvalue weighted by molar-refractivity contribution is -0.119. The first-order chi connectivity index (χ1) is 12.4. The molecule has 0 N–H and O–H groups in total. The van der Waals surface area contributed by atoms with Gasteiger partial charge in [-0.15, -0.1) is 0 Å². The van der Waals surface area contributed by atoms with Crippen LogP contribution < -0.4 is 4.90 Å². The number of benzene rings is 1. The van der Waals surface area contributed by atoms with Crippen molar-refractivity contribution < 1.29 is 13.2 Å². The van der Waals surface area contributed by atoms with Gasteiger partial charge in [0, 0.05) is 30.0 Å². The minimum Gasteiger partial charge on any atom is -0.310 e. The molecule has 2 saturated carbocycles. The molecule has 0 atom stereocenters. The second kappa shape index (κ2) is 6.91. The number of hydrogen-bond donors (Lipinski definition) is 0. The fourth-order valence-electron chi connectivity index (χ4n) is 4.23. The normalized spacial score (nSPS) is 21.3. The number of carbonyl (C=O) groups excluding carboxylic acids is 1. The van der Waals surface area contributed by atoms with Gasteiger partial charge in [-0.2, -0.15) is 4.31 Å². The first-order valence-electron chi connectivity index (χ1n) is 9.51. The molecule has 26 heavy (non-hydrogen) atoms. The lowest BCUT2D eigenvalue weighted by Gasteiger charge is -2.31. The third kappa shape index (κ3) is 3.22. The van der Waals surface area contributed by atoms with Gasteiger partial charge in [0.2, 0.25) is 15.9 Å². The van der Waals surface area contributed by atoms with Crippen molar-refractivity contribution in [1.82, 2.24) is 4.31 Å². The number of hydrogen-bond acceptors (Lipinski definition) is 3. The summed E-state index contributed by atoms with van der Waals surface area (Å²) in [6, 6.07) is 3.68. The highest BCUT2D eigenvalue weighted by atomic mass is 79.9. The molecular formula is C19H25BrN2O3S. The zero-order valence-electron chi connectivity index (χ0n) is 15.1. The van der Waals surface area contributed by atoms with Crippen LogP contribution in [-0.2, 0) is 21.2 Å². The number of halogens is 1. The van der Waals surface area contributed by atoms with Gasteiger partial charge in [0.15, 0.2) is 0 Å². The number of fused-ring (bicyclic) bond motifs is 1. The Morgan fingerprint density at radius 1 is 1.15 bits per heavy atom. The van der Waals surface area contributed by atoms with Crippen molar-refractivity contribution in [2.24, 2.45) is 5.92 Å². The standard InChI is InChI=1S/C19H25BrN2O3S/c1-21(16-5-3-2-4-6-16)26(24,25)17-12-15(20)11-14-9-10-22(18(14)17)19(23)13-7-8-13/h11-13,16H,2-10H2,1H3. The van der Waals surface area contributed by atoms with Crippen molar-refractivity contribution in [3.63, 3.8) is 0 Å². The van der Waals surface area contributed by atoms with E-state index >= 15 is 0 Å². The van der Waals surface area contributed by atoms with E-state index in [-0.39, 0.29) is 22.8 Å². The predicted octanol–water partition coefficient (Wildman–Crippen LogP) is 3.70. The minimum atomic E-state index is -3.65. The van der Waals surface area contributed by atoms with Gasteiger partial charge in [-0.1, -0.05) is 35.2 Å². The number of sulfonamides is 1. The van der Waals surface area contributed by atoms with Crippen LogP contribution >= 0.6 is 15.9 Å². The molecular weight excluding hydrogens is 416 g/mol. The molecule has 1 amide bonds. The van der Waals surface area contributed by atoms with Gasteiger partial charge in [0.25, 0.3) is 0 Å². The Bertz CT molecular complexity index is 829. The zero-order valence-corrected chi connectivity index (χ0v) is 17.5. The summed E-state index contributed by atoms with van der Waals surface area (Å²) in [6.07, 6.45) is 7.72. The Balaban J connectivity index is 1.75. The van der Waals surface area contributed by atoms with E-state index in [4.69, 9.17) is 0 Å². The van der Waals surface area contributed by atoms with Crippen molar-refractivity contribution in [1.29, 1.82) is 0 Å². The number of carbonyl (C=O) groups is 1. The monoisotopic (exact) mass is 440 g/mol. The third-order valence-electron chi connectivity index (χ3n) is 5.93. The summed E-state index contributed by atoms with van der Waals surface area (Å²) < 4.78 is 29.2. The average molecular weight is 441 g/mol. The van der Waals surface area contributed by atoms with Crippen LogP contribution in [0.25, 0.3) is 0 Å². The summed E-state index contributed by atoms with van der Waals surface area (Å²) in [5, 5.41) is 0. The van der Waals surface area contributed by atoms with E-state index in [1.807, 2.05) is 6.07 Å². The van der Waals surface area contributed by atoms with E-state index in [0.29, 0.717) is 18.7 Å². The molecule has 1 aromatic carbocycles. The van der Waals surface area contributed by atoms with Crippen LogP contribution in [0.2, 0.25) is 0 Å².